The summed E-state index contributed by atoms with van der Waals surface area (Å²) in [5, 5.41) is 3.72. The van der Waals surface area contributed by atoms with Crippen molar-refractivity contribution in [1.29, 1.82) is 0 Å². The lowest BCUT2D eigenvalue weighted by atomic mass is 10.1. The van der Waals surface area contributed by atoms with E-state index in [1.165, 1.54) is 5.56 Å². The van der Waals surface area contributed by atoms with Gasteiger partial charge in [0.1, 0.15) is 0 Å². The van der Waals surface area contributed by atoms with Crippen molar-refractivity contribution in [3.8, 4) is 11.3 Å². The minimum absolute atomic E-state index is 0.203. The number of aromatic nitrogens is 1. The average molecular weight is 245 g/mol. The molecule has 0 N–H and O–H groups in total. The number of nitrogens with zero attached hydrogens (tertiary/aromatic N) is 1. The summed E-state index contributed by atoms with van der Waals surface area (Å²) < 4.78 is 10.0. The highest BCUT2D eigenvalue weighted by molar-refractivity contribution is 5.88. The normalized spacial score (nSPS) is 10.3. The summed E-state index contributed by atoms with van der Waals surface area (Å²) >= 11 is 0. The molecule has 0 radical (unpaired) electrons. The van der Waals surface area contributed by atoms with E-state index in [0.717, 1.165) is 12.0 Å². The maximum Gasteiger partial charge on any atom is 0.360 e. The van der Waals surface area contributed by atoms with Crippen molar-refractivity contribution in [2.45, 2.75) is 20.3 Å². The first kappa shape index (κ1) is 12.4. The number of carbonyl (C=O) groups excluding carboxylic acids is 1. The lowest BCUT2D eigenvalue weighted by Crippen LogP contribution is -2.04. The Balaban J connectivity index is 2.26. The van der Waals surface area contributed by atoms with Crippen LogP contribution in [0.25, 0.3) is 11.3 Å². The lowest BCUT2D eigenvalue weighted by molar-refractivity contribution is 0.0514. The van der Waals surface area contributed by atoms with E-state index in [1.807, 2.05) is 24.3 Å². The zero-order valence-corrected chi connectivity index (χ0v) is 10.5. The van der Waals surface area contributed by atoms with Gasteiger partial charge in [-0.15, -0.1) is 0 Å². The third-order valence-corrected chi connectivity index (χ3v) is 2.61. The van der Waals surface area contributed by atoms with Gasteiger partial charge in [0.2, 0.25) is 0 Å². The highest BCUT2D eigenvalue weighted by atomic mass is 16.5. The van der Waals surface area contributed by atoms with E-state index in [9.17, 15) is 4.79 Å². The van der Waals surface area contributed by atoms with Crippen LogP contribution < -0.4 is 0 Å². The third-order valence-electron chi connectivity index (χ3n) is 2.61. The van der Waals surface area contributed by atoms with Crippen LogP contribution in [0, 0.1) is 0 Å². The molecule has 0 fully saturated rings. The molecule has 0 aliphatic rings. The molecule has 0 bridgehead atoms. The Labute approximate surface area is 106 Å². The molecule has 0 saturated heterocycles. The van der Waals surface area contributed by atoms with Crippen LogP contribution in [0.4, 0.5) is 0 Å². The summed E-state index contributed by atoms with van der Waals surface area (Å²) in [6.07, 6.45) is 0.951. The Bertz CT molecular complexity index is 545. The monoisotopic (exact) mass is 245 g/mol. The van der Waals surface area contributed by atoms with Crippen LogP contribution in [0.3, 0.4) is 0 Å². The van der Waals surface area contributed by atoms with E-state index in [4.69, 9.17) is 9.26 Å². The molecule has 2 aromatic rings. The van der Waals surface area contributed by atoms with Crippen LogP contribution in [-0.2, 0) is 11.2 Å². The minimum atomic E-state index is -0.459. The highest BCUT2D eigenvalue weighted by Crippen LogP contribution is 2.22. The number of carbonyl (C=O) groups is 1. The SMILES string of the molecule is CCOC(=O)c1cc(-c2cccc(CC)c2)on1. The van der Waals surface area contributed by atoms with Crippen molar-refractivity contribution in [2.24, 2.45) is 0 Å². The highest BCUT2D eigenvalue weighted by Gasteiger charge is 2.14. The van der Waals surface area contributed by atoms with Crippen molar-refractivity contribution in [3.63, 3.8) is 0 Å². The molecule has 1 aromatic heterocycles. The van der Waals surface area contributed by atoms with E-state index in [2.05, 4.69) is 12.1 Å². The number of hydrogen-bond donors (Lipinski definition) is 0. The molecule has 0 atom stereocenters. The predicted octanol–water partition coefficient (Wildman–Crippen LogP) is 3.08. The largest absolute Gasteiger partial charge is 0.461 e. The second kappa shape index (κ2) is 5.49. The van der Waals surface area contributed by atoms with Gasteiger partial charge in [0.15, 0.2) is 11.5 Å². The Morgan fingerprint density at radius 1 is 1.33 bits per heavy atom. The van der Waals surface area contributed by atoms with Crippen LogP contribution >= 0.6 is 0 Å². The van der Waals surface area contributed by atoms with E-state index >= 15 is 0 Å². The first-order valence-electron chi connectivity index (χ1n) is 5.97. The third kappa shape index (κ3) is 2.59. The predicted molar refractivity (Wildman–Crippen MR) is 67.3 cm³/mol. The van der Waals surface area contributed by atoms with Crippen LogP contribution in [0.5, 0.6) is 0 Å². The minimum Gasteiger partial charge on any atom is -0.461 e. The first-order valence-corrected chi connectivity index (χ1v) is 5.97. The van der Waals surface area contributed by atoms with Gasteiger partial charge < -0.3 is 9.26 Å². The van der Waals surface area contributed by atoms with Gasteiger partial charge in [-0.05, 0) is 25.0 Å². The molecular weight excluding hydrogens is 230 g/mol. The number of rotatable bonds is 4. The van der Waals surface area contributed by atoms with Crippen molar-refractivity contribution in [2.75, 3.05) is 6.61 Å². The van der Waals surface area contributed by atoms with Crippen LogP contribution in [0.2, 0.25) is 0 Å². The van der Waals surface area contributed by atoms with Crippen molar-refractivity contribution < 1.29 is 14.1 Å². The topological polar surface area (TPSA) is 52.3 Å². The lowest BCUT2D eigenvalue weighted by Gasteiger charge is -1.98. The second-order valence-electron chi connectivity index (χ2n) is 3.85. The zero-order valence-electron chi connectivity index (χ0n) is 10.5. The van der Waals surface area contributed by atoms with Crippen molar-refractivity contribution in [1.82, 2.24) is 5.16 Å². The molecule has 0 amide bonds. The molecule has 94 valence electrons. The number of benzene rings is 1. The van der Waals surface area contributed by atoms with Crippen LogP contribution in [-0.4, -0.2) is 17.7 Å². The van der Waals surface area contributed by atoms with Crippen LogP contribution in [0.15, 0.2) is 34.9 Å². The van der Waals surface area contributed by atoms with E-state index in [1.54, 1.807) is 13.0 Å². The molecule has 1 aromatic carbocycles. The number of ether oxygens (including phenoxy) is 1. The Morgan fingerprint density at radius 3 is 2.89 bits per heavy atom. The summed E-state index contributed by atoms with van der Waals surface area (Å²) in [4.78, 5) is 11.5. The maximum atomic E-state index is 11.5. The molecule has 0 spiro atoms. The number of hydrogen-bond acceptors (Lipinski definition) is 4. The standard InChI is InChI=1S/C14H15NO3/c1-3-10-6-5-7-11(8-10)13-9-12(15-18-13)14(16)17-4-2/h5-9H,3-4H2,1-2H3. The fraction of sp³-hybridized carbons (Fsp3) is 0.286. The van der Waals surface area contributed by atoms with Gasteiger partial charge in [-0.2, -0.15) is 0 Å². The molecule has 4 heteroatoms. The molecule has 0 aliphatic heterocycles. The van der Waals surface area contributed by atoms with Gasteiger partial charge in [-0.1, -0.05) is 30.3 Å². The van der Waals surface area contributed by atoms with Gasteiger partial charge in [0.25, 0.3) is 0 Å². The Morgan fingerprint density at radius 2 is 2.17 bits per heavy atom. The number of aryl methyl sites for hydroxylation is 1. The summed E-state index contributed by atoms with van der Waals surface area (Å²) in [5.41, 5.74) is 2.33. The molecular formula is C14H15NO3. The second-order valence-corrected chi connectivity index (χ2v) is 3.85. The molecule has 18 heavy (non-hydrogen) atoms. The zero-order chi connectivity index (χ0) is 13.0. The van der Waals surface area contributed by atoms with Gasteiger partial charge >= 0.3 is 5.97 Å². The quantitative estimate of drug-likeness (QED) is 0.777. The first-order chi connectivity index (χ1) is 8.74. The molecule has 0 unspecified atom stereocenters. The number of esters is 1. The molecule has 1 heterocycles. The smallest absolute Gasteiger partial charge is 0.360 e. The summed E-state index contributed by atoms with van der Waals surface area (Å²) in [5.74, 6) is 0.118. The van der Waals surface area contributed by atoms with Gasteiger partial charge in [0, 0.05) is 11.6 Å². The fourth-order valence-corrected chi connectivity index (χ4v) is 1.66. The van der Waals surface area contributed by atoms with Crippen molar-refractivity contribution >= 4 is 5.97 Å². The summed E-state index contributed by atoms with van der Waals surface area (Å²) in [6, 6.07) is 9.56. The Hall–Kier alpha value is -2.10. The van der Waals surface area contributed by atoms with Crippen molar-refractivity contribution in [3.05, 3.63) is 41.6 Å². The van der Waals surface area contributed by atoms with Gasteiger partial charge in [0.05, 0.1) is 6.61 Å². The van der Waals surface area contributed by atoms with Gasteiger partial charge in [-0.3, -0.25) is 0 Å². The van der Waals surface area contributed by atoms with E-state index in [0.29, 0.717) is 12.4 Å². The van der Waals surface area contributed by atoms with E-state index in [-0.39, 0.29) is 5.69 Å². The van der Waals surface area contributed by atoms with Crippen LogP contribution in [0.1, 0.15) is 29.9 Å². The molecule has 4 nitrogen and oxygen atoms in total. The average Bonchev–Trinajstić information content (AvgIpc) is 2.89. The molecule has 0 aliphatic carbocycles. The van der Waals surface area contributed by atoms with E-state index < -0.39 is 5.97 Å². The molecule has 0 saturated carbocycles. The molecule has 2 rings (SSSR count). The maximum absolute atomic E-state index is 11.5. The summed E-state index contributed by atoms with van der Waals surface area (Å²) in [6.45, 7) is 4.17. The Kier molecular flexibility index (Phi) is 3.77. The van der Waals surface area contributed by atoms with Gasteiger partial charge in [-0.25, -0.2) is 4.79 Å². The fourth-order valence-electron chi connectivity index (χ4n) is 1.66. The summed E-state index contributed by atoms with van der Waals surface area (Å²) in [7, 11) is 0.